The van der Waals surface area contributed by atoms with E-state index in [1.807, 2.05) is 32.9 Å². The molecule has 0 N–H and O–H groups in total. The zero-order valence-corrected chi connectivity index (χ0v) is 15.0. The van der Waals surface area contributed by atoms with E-state index in [1.165, 1.54) is 10.9 Å². The molecular formula is C16H20N4O3S. The van der Waals surface area contributed by atoms with Crippen molar-refractivity contribution in [3.8, 4) is 0 Å². The molecule has 0 aliphatic carbocycles. The summed E-state index contributed by atoms with van der Waals surface area (Å²) in [4.78, 5) is 14.3. The molecule has 2 heterocycles. The molecule has 0 bridgehead atoms. The second kappa shape index (κ2) is 5.70. The van der Waals surface area contributed by atoms with Crippen molar-refractivity contribution in [3.63, 3.8) is 0 Å². The molecule has 0 unspecified atom stereocenters. The molecule has 1 fully saturated rings. The first-order valence-corrected chi connectivity index (χ1v) is 9.21. The molecule has 2 aromatic rings. The van der Waals surface area contributed by atoms with Crippen LogP contribution < -0.4 is 0 Å². The van der Waals surface area contributed by atoms with Crippen LogP contribution in [0.1, 0.15) is 27.0 Å². The number of hydrogen-bond donors (Lipinski definition) is 0. The quantitative estimate of drug-likeness (QED) is 0.827. The number of rotatable bonds is 3. The van der Waals surface area contributed by atoms with Gasteiger partial charge in [0.15, 0.2) is 0 Å². The first-order chi connectivity index (χ1) is 11.2. The number of sulfone groups is 1. The number of benzene rings is 1. The summed E-state index contributed by atoms with van der Waals surface area (Å²) in [5.41, 5.74) is 3.59. The number of nitrogens with zero attached hydrogens (tertiary/aromatic N) is 4. The highest BCUT2D eigenvalue weighted by atomic mass is 32.2. The van der Waals surface area contributed by atoms with E-state index in [9.17, 15) is 13.2 Å². The first kappa shape index (κ1) is 16.6. The Hall–Kier alpha value is -2.22. The average molecular weight is 348 g/mol. The molecule has 1 aliphatic rings. The molecular weight excluding hydrogens is 328 g/mol. The number of amides is 1. The number of carbonyl (C=O) groups excluding carboxylic acids is 1. The number of aryl methyl sites for hydroxylation is 4. The predicted molar refractivity (Wildman–Crippen MR) is 88.5 cm³/mol. The van der Waals surface area contributed by atoms with Crippen LogP contribution in [0.25, 0.3) is 0 Å². The summed E-state index contributed by atoms with van der Waals surface area (Å²) in [5, 5.41) is 6.61. The van der Waals surface area contributed by atoms with Crippen molar-refractivity contribution < 1.29 is 13.2 Å². The van der Waals surface area contributed by atoms with E-state index < -0.39 is 15.1 Å². The maximum absolute atomic E-state index is 12.7. The van der Waals surface area contributed by atoms with Crippen molar-refractivity contribution in [2.75, 3.05) is 13.1 Å². The second-order valence-corrected chi connectivity index (χ2v) is 8.50. The van der Waals surface area contributed by atoms with Gasteiger partial charge in [0.05, 0.1) is 0 Å². The van der Waals surface area contributed by atoms with Gasteiger partial charge in [-0.2, -0.15) is 0 Å². The van der Waals surface area contributed by atoms with Gasteiger partial charge < -0.3 is 9.47 Å². The lowest BCUT2D eigenvalue weighted by Crippen LogP contribution is -2.57. The van der Waals surface area contributed by atoms with E-state index in [0.717, 1.165) is 16.7 Å². The van der Waals surface area contributed by atoms with E-state index in [-0.39, 0.29) is 24.2 Å². The monoisotopic (exact) mass is 348 g/mol. The molecule has 0 saturated carbocycles. The lowest BCUT2D eigenvalue weighted by atomic mass is 9.97. The van der Waals surface area contributed by atoms with Crippen LogP contribution >= 0.6 is 0 Å². The molecule has 1 aliphatic heterocycles. The van der Waals surface area contributed by atoms with E-state index in [4.69, 9.17) is 0 Å². The first-order valence-electron chi connectivity index (χ1n) is 7.67. The van der Waals surface area contributed by atoms with Crippen LogP contribution in [-0.4, -0.2) is 52.3 Å². The highest BCUT2D eigenvalue weighted by Gasteiger charge is 2.43. The summed E-state index contributed by atoms with van der Waals surface area (Å²) in [7, 11) is -1.98. The molecule has 8 heteroatoms. The summed E-state index contributed by atoms with van der Waals surface area (Å²) >= 11 is 0. The third-order valence-corrected chi connectivity index (χ3v) is 6.44. The van der Waals surface area contributed by atoms with Gasteiger partial charge in [0, 0.05) is 25.7 Å². The Bertz CT molecular complexity index is 888. The Balaban J connectivity index is 1.78. The fraction of sp³-hybridized carbons (Fsp3) is 0.438. The van der Waals surface area contributed by atoms with Crippen LogP contribution in [0.5, 0.6) is 0 Å². The third-order valence-electron chi connectivity index (χ3n) is 4.39. The highest BCUT2D eigenvalue weighted by molar-refractivity contribution is 7.92. The normalized spacial score (nSPS) is 15.4. The summed E-state index contributed by atoms with van der Waals surface area (Å²) in [5.74, 6) is -0.116. The maximum Gasteiger partial charge on any atom is 0.254 e. The van der Waals surface area contributed by atoms with Gasteiger partial charge in [-0.1, -0.05) is 17.7 Å². The fourth-order valence-corrected chi connectivity index (χ4v) is 4.82. The molecule has 1 amide bonds. The van der Waals surface area contributed by atoms with Crippen molar-refractivity contribution in [2.45, 2.75) is 31.2 Å². The summed E-state index contributed by atoms with van der Waals surface area (Å²) < 4.78 is 26.4. The molecule has 3 rings (SSSR count). The molecule has 1 aromatic carbocycles. The smallest absolute Gasteiger partial charge is 0.254 e. The lowest BCUT2D eigenvalue weighted by Gasteiger charge is -2.38. The average Bonchev–Trinajstić information content (AvgIpc) is 2.82. The SMILES string of the molecule is Cc1cc(C)c(C(=O)N2CC(S(=O)(=O)c3nncn3C)C2)c(C)c1. The number of carbonyl (C=O) groups is 1. The maximum atomic E-state index is 12.7. The van der Waals surface area contributed by atoms with Crippen molar-refractivity contribution in [3.05, 3.63) is 40.7 Å². The van der Waals surface area contributed by atoms with E-state index in [1.54, 1.807) is 11.9 Å². The summed E-state index contributed by atoms with van der Waals surface area (Å²) in [6, 6.07) is 3.93. The Morgan fingerprint density at radius 3 is 2.25 bits per heavy atom. The molecule has 1 saturated heterocycles. The molecule has 24 heavy (non-hydrogen) atoms. The van der Waals surface area contributed by atoms with E-state index in [2.05, 4.69) is 10.2 Å². The minimum Gasteiger partial charge on any atom is -0.336 e. The van der Waals surface area contributed by atoms with Crippen LogP contribution in [0.3, 0.4) is 0 Å². The Labute approximate surface area is 141 Å². The van der Waals surface area contributed by atoms with Crippen molar-refractivity contribution in [1.82, 2.24) is 19.7 Å². The Morgan fingerprint density at radius 2 is 1.75 bits per heavy atom. The molecule has 1 aromatic heterocycles. The lowest BCUT2D eigenvalue weighted by molar-refractivity contribution is 0.0657. The Kier molecular flexibility index (Phi) is 3.95. The fourth-order valence-electron chi connectivity index (χ4n) is 3.15. The van der Waals surface area contributed by atoms with Crippen molar-refractivity contribution in [1.29, 1.82) is 0 Å². The number of hydrogen-bond acceptors (Lipinski definition) is 5. The molecule has 0 atom stereocenters. The van der Waals surface area contributed by atoms with Gasteiger partial charge in [0.25, 0.3) is 5.91 Å². The van der Waals surface area contributed by atoms with Crippen LogP contribution in [0.4, 0.5) is 0 Å². The zero-order valence-electron chi connectivity index (χ0n) is 14.1. The van der Waals surface area contributed by atoms with Gasteiger partial charge in [-0.05, 0) is 31.9 Å². The highest BCUT2D eigenvalue weighted by Crippen LogP contribution is 2.26. The third kappa shape index (κ3) is 2.60. The predicted octanol–water partition coefficient (Wildman–Crippen LogP) is 1.04. The van der Waals surface area contributed by atoms with Gasteiger partial charge in [-0.25, -0.2) is 8.42 Å². The minimum absolute atomic E-state index is 0.0534. The van der Waals surface area contributed by atoms with Gasteiger partial charge in [-0.15, -0.1) is 10.2 Å². The zero-order chi connectivity index (χ0) is 17.6. The summed E-state index contributed by atoms with van der Waals surface area (Å²) in [6.07, 6.45) is 1.35. The standard InChI is InChI=1S/C16H20N4O3S/c1-10-5-11(2)14(12(3)6-10)15(21)20-7-13(8-20)24(22,23)16-18-17-9-19(16)4/h5-6,9,13H,7-8H2,1-4H3. The van der Waals surface area contributed by atoms with Gasteiger partial charge in [-0.3, -0.25) is 4.79 Å². The second-order valence-electron chi connectivity index (χ2n) is 6.38. The Morgan fingerprint density at radius 1 is 1.17 bits per heavy atom. The largest absolute Gasteiger partial charge is 0.336 e. The molecule has 128 valence electrons. The van der Waals surface area contributed by atoms with Crippen LogP contribution in [0, 0.1) is 20.8 Å². The van der Waals surface area contributed by atoms with Crippen LogP contribution in [-0.2, 0) is 16.9 Å². The van der Waals surface area contributed by atoms with Crippen molar-refractivity contribution >= 4 is 15.7 Å². The van der Waals surface area contributed by atoms with E-state index >= 15 is 0 Å². The molecule has 0 spiro atoms. The summed E-state index contributed by atoms with van der Waals surface area (Å²) in [6.45, 7) is 6.16. The molecule has 7 nitrogen and oxygen atoms in total. The van der Waals surface area contributed by atoms with E-state index in [0.29, 0.717) is 5.56 Å². The van der Waals surface area contributed by atoms with Gasteiger partial charge in [0.2, 0.25) is 15.0 Å². The van der Waals surface area contributed by atoms with Gasteiger partial charge >= 0.3 is 0 Å². The van der Waals surface area contributed by atoms with Gasteiger partial charge in [0.1, 0.15) is 11.6 Å². The van der Waals surface area contributed by atoms with Crippen LogP contribution in [0.15, 0.2) is 23.6 Å². The van der Waals surface area contributed by atoms with Crippen molar-refractivity contribution in [2.24, 2.45) is 7.05 Å². The topological polar surface area (TPSA) is 85.2 Å². The molecule has 0 radical (unpaired) electrons. The minimum atomic E-state index is -3.57. The number of aromatic nitrogens is 3. The number of likely N-dealkylation sites (tertiary alicyclic amines) is 1. The van der Waals surface area contributed by atoms with Crippen LogP contribution in [0.2, 0.25) is 0 Å².